The highest BCUT2D eigenvalue weighted by Crippen LogP contribution is 2.11. The zero-order valence-corrected chi connectivity index (χ0v) is 10.6. The van der Waals surface area contributed by atoms with Crippen molar-refractivity contribution in [3.63, 3.8) is 0 Å². The Labute approximate surface area is 103 Å². The summed E-state index contributed by atoms with van der Waals surface area (Å²) in [4.78, 5) is 11.0. The van der Waals surface area contributed by atoms with E-state index in [1.165, 1.54) is 12.5 Å². The molecule has 0 amide bonds. The Morgan fingerprint density at radius 1 is 1.35 bits per heavy atom. The zero-order valence-electron chi connectivity index (χ0n) is 10.6. The first-order valence-corrected chi connectivity index (χ1v) is 6.04. The van der Waals surface area contributed by atoms with Crippen molar-refractivity contribution in [2.45, 2.75) is 39.2 Å². The van der Waals surface area contributed by atoms with E-state index in [0.29, 0.717) is 0 Å². The maximum Gasteiger partial charge on any atom is 0.302 e. The SMILES string of the molecule is C/C=C\CC(CCc1ccccc1)OC(C)=O. The number of carbonyl (C=O) groups is 1. The van der Waals surface area contributed by atoms with Crippen LogP contribution in [0.25, 0.3) is 0 Å². The minimum absolute atomic E-state index is 0.0103. The van der Waals surface area contributed by atoms with E-state index < -0.39 is 0 Å². The monoisotopic (exact) mass is 232 g/mol. The Morgan fingerprint density at radius 3 is 2.65 bits per heavy atom. The van der Waals surface area contributed by atoms with Gasteiger partial charge in [0.1, 0.15) is 6.10 Å². The number of rotatable bonds is 6. The summed E-state index contributed by atoms with van der Waals surface area (Å²) < 4.78 is 5.28. The van der Waals surface area contributed by atoms with Gasteiger partial charge in [0, 0.05) is 13.3 Å². The summed E-state index contributed by atoms with van der Waals surface area (Å²) in [7, 11) is 0. The molecule has 0 aromatic heterocycles. The minimum Gasteiger partial charge on any atom is -0.462 e. The Hall–Kier alpha value is -1.57. The lowest BCUT2D eigenvalue weighted by molar-refractivity contribution is -0.146. The number of esters is 1. The van der Waals surface area contributed by atoms with Crippen LogP contribution in [0.4, 0.5) is 0 Å². The van der Waals surface area contributed by atoms with E-state index in [4.69, 9.17) is 4.74 Å². The van der Waals surface area contributed by atoms with Crippen LogP contribution in [0, 0.1) is 0 Å². The molecule has 1 atom stereocenters. The summed E-state index contributed by atoms with van der Waals surface area (Å²) in [5, 5.41) is 0. The van der Waals surface area contributed by atoms with Crippen molar-refractivity contribution in [1.82, 2.24) is 0 Å². The lowest BCUT2D eigenvalue weighted by Crippen LogP contribution is -2.16. The molecule has 0 aliphatic heterocycles. The molecule has 0 radical (unpaired) electrons. The van der Waals surface area contributed by atoms with Crippen molar-refractivity contribution in [2.24, 2.45) is 0 Å². The van der Waals surface area contributed by atoms with E-state index in [2.05, 4.69) is 12.1 Å². The predicted molar refractivity (Wildman–Crippen MR) is 69.7 cm³/mol. The number of carbonyl (C=O) groups excluding carboxylic acids is 1. The summed E-state index contributed by atoms with van der Waals surface area (Å²) in [5.74, 6) is -0.201. The molecule has 2 nitrogen and oxygen atoms in total. The van der Waals surface area contributed by atoms with E-state index in [-0.39, 0.29) is 12.1 Å². The molecule has 1 aromatic rings. The maximum atomic E-state index is 11.0. The summed E-state index contributed by atoms with van der Waals surface area (Å²) >= 11 is 0. The van der Waals surface area contributed by atoms with Crippen LogP contribution < -0.4 is 0 Å². The zero-order chi connectivity index (χ0) is 12.5. The molecule has 0 aliphatic rings. The Balaban J connectivity index is 2.45. The predicted octanol–water partition coefficient (Wildman–Crippen LogP) is 3.52. The molecule has 92 valence electrons. The van der Waals surface area contributed by atoms with Gasteiger partial charge in [0.2, 0.25) is 0 Å². The summed E-state index contributed by atoms with van der Waals surface area (Å²) in [6.45, 7) is 3.44. The van der Waals surface area contributed by atoms with Gasteiger partial charge in [0.05, 0.1) is 0 Å². The number of hydrogen-bond acceptors (Lipinski definition) is 2. The number of ether oxygens (including phenoxy) is 1. The van der Waals surface area contributed by atoms with Gasteiger partial charge >= 0.3 is 5.97 Å². The Kier molecular flexibility index (Phi) is 6.08. The van der Waals surface area contributed by atoms with Gasteiger partial charge in [0.25, 0.3) is 0 Å². The second kappa shape index (κ2) is 7.66. The van der Waals surface area contributed by atoms with E-state index in [9.17, 15) is 4.79 Å². The van der Waals surface area contributed by atoms with Crippen LogP contribution >= 0.6 is 0 Å². The van der Waals surface area contributed by atoms with Crippen LogP contribution in [0.5, 0.6) is 0 Å². The standard InChI is InChI=1S/C15H20O2/c1-3-4-10-15(17-13(2)16)12-11-14-8-6-5-7-9-14/h3-9,15H,10-12H2,1-2H3/b4-3-. The molecule has 0 N–H and O–H groups in total. The molecule has 17 heavy (non-hydrogen) atoms. The first kappa shape index (κ1) is 13.5. The summed E-state index contributed by atoms with van der Waals surface area (Å²) in [6, 6.07) is 10.3. The van der Waals surface area contributed by atoms with Crippen molar-refractivity contribution in [3.8, 4) is 0 Å². The quantitative estimate of drug-likeness (QED) is 0.554. The molecule has 2 heteroatoms. The summed E-state index contributed by atoms with van der Waals surface area (Å²) in [6.07, 6.45) is 6.62. The average molecular weight is 232 g/mol. The highest BCUT2D eigenvalue weighted by molar-refractivity contribution is 5.66. The lowest BCUT2D eigenvalue weighted by Gasteiger charge is -2.15. The third-order valence-corrected chi connectivity index (χ3v) is 2.57. The molecule has 0 heterocycles. The Morgan fingerprint density at radius 2 is 2.06 bits per heavy atom. The largest absolute Gasteiger partial charge is 0.462 e. The van der Waals surface area contributed by atoms with Crippen molar-refractivity contribution in [3.05, 3.63) is 48.0 Å². The normalized spacial score (nSPS) is 12.6. The van der Waals surface area contributed by atoms with E-state index in [0.717, 1.165) is 19.3 Å². The van der Waals surface area contributed by atoms with Gasteiger partial charge in [-0.3, -0.25) is 4.79 Å². The first-order chi connectivity index (χ1) is 8.22. The smallest absolute Gasteiger partial charge is 0.302 e. The van der Waals surface area contributed by atoms with Crippen LogP contribution in [0.3, 0.4) is 0 Å². The van der Waals surface area contributed by atoms with Crippen LogP contribution in [0.2, 0.25) is 0 Å². The molecule has 0 aliphatic carbocycles. The summed E-state index contributed by atoms with van der Waals surface area (Å²) in [5.41, 5.74) is 1.28. The molecule has 1 unspecified atom stereocenters. The molecule has 0 bridgehead atoms. The average Bonchev–Trinajstić information content (AvgIpc) is 2.33. The minimum atomic E-state index is -0.201. The molecule has 1 aromatic carbocycles. The van der Waals surface area contributed by atoms with Crippen LogP contribution in [-0.2, 0) is 16.0 Å². The van der Waals surface area contributed by atoms with Crippen LogP contribution in [0.15, 0.2) is 42.5 Å². The van der Waals surface area contributed by atoms with E-state index in [1.54, 1.807) is 0 Å². The third kappa shape index (κ3) is 5.91. The van der Waals surface area contributed by atoms with Crippen LogP contribution in [0.1, 0.15) is 32.3 Å². The number of benzene rings is 1. The van der Waals surface area contributed by atoms with Gasteiger partial charge in [-0.2, -0.15) is 0 Å². The van der Waals surface area contributed by atoms with Gasteiger partial charge in [0.15, 0.2) is 0 Å². The van der Waals surface area contributed by atoms with Crippen molar-refractivity contribution < 1.29 is 9.53 Å². The fraction of sp³-hybridized carbons (Fsp3) is 0.400. The van der Waals surface area contributed by atoms with Crippen molar-refractivity contribution in [1.29, 1.82) is 0 Å². The first-order valence-electron chi connectivity index (χ1n) is 6.04. The van der Waals surface area contributed by atoms with E-state index >= 15 is 0 Å². The van der Waals surface area contributed by atoms with Crippen LogP contribution in [-0.4, -0.2) is 12.1 Å². The second-order valence-electron chi connectivity index (χ2n) is 4.06. The van der Waals surface area contributed by atoms with Gasteiger partial charge < -0.3 is 4.74 Å². The fourth-order valence-corrected chi connectivity index (χ4v) is 1.72. The molecule has 0 saturated heterocycles. The topological polar surface area (TPSA) is 26.3 Å². The third-order valence-electron chi connectivity index (χ3n) is 2.57. The lowest BCUT2D eigenvalue weighted by atomic mass is 10.0. The molecular formula is C15H20O2. The van der Waals surface area contributed by atoms with Gasteiger partial charge in [-0.15, -0.1) is 0 Å². The second-order valence-corrected chi connectivity index (χ2v) is 4.06. The number of hydrogen-bond donors (Lipinski definition) is 0. The van der Waals surface area contributed by atoms with Crippen molar-refractivity contribution >= 4 is 5.97 Å². The number of allylic oxidation sites excluding steroid dienone is 1. The highest BCUT2D eigenvalue weighted by Gasteiger charge is 2.10. The highest BCUT2D eigenvalue weighted by atomic mass is 16.5. The molecule has 0 spiro atoms. The van der Waals surface area contributed by atoms with Crippen molar-refractivity contribution in [2.75, 3.05) is 0 Å². The molecule has 1 rings (SSSR count). The number of aryl methyl sites for hydroxylation is 1. The van der Waals surface area contributed by atoms with E-state index in [1.807, 2.05) is 37.3 Å². The van der Waals surface area contributed by atoms with Gasteiger partial charge in [-0.1, -0.05) is 42.5 Å². The molecular weight excluding hydrogens is 212 g/mol. The fourth-order valence-electron chi connectivity index (χ4n) is 1.72. The Bertz CT molecular complexity index is 354. The maximum absolute atomic E-state index is 11.0. The molecule has 0 fully saturated rings. The molecule has 0 saturated carbocycles. The van der Waals surface area contributed by atoms with Gasteiger partial charge in [-0.05, 0) is 25.3 Å². The van der Waals surface area contributed by atoms with Gasteiger partial charge in [-0.25, -0.2) is 0 Å².